The normalized spacial score (nSPS) is 22.1. The second-order valence-corrected chi connectivity index (χ2v) is 6.00. The third kappa shape index (κ3) is 2.13. The molecule has 1 unspecified atom stereocenters. The lowest BCUT2D eigenvalue weighted by molar-refractivity contribution is -0.150. The van der Waals surface area contributed by atoms with Gasteiger partial charge >= 0.3 is 5.97 Å². The van der Waals surface area contributed by atoms with Crippen molar-refractivity contribution in [1.29, 1.82) is 0 Å². The number of aromatic nitrogens is 2. The third-order valence-electron chi connectivity index (χ3n) is 4.65. The van der Waals surface area contributed by atoms with Crippen LogP contribution in [0.25, 0.3) is 10.9 Å². The van der Waals surface area contributed by atoms with Crippen molar-refractivity contribution in [3.63, 3.8) is 0 Å². The lowest BCUT2D eigenvalue weighted by Gasteiger charge is -2.29. The number of carbonyl (C=O) groups is 1. The Labute approximate surface area is 123 Å². The van der Waals surface area contributed by atoms with Crippen molar-refractivity contribution in [1.82, 2.24) is 9.97 Å². The number of hydrogen-bond donors (Lipinski definition) is 1. The Balaban J connectivity index is 2.00. The van der Waals surface area contributed by atoms with Crippen LogP contribution < -0.4 is 4.90 Å². The molecule has 1 aromatic heterocycles. The smallest absolute Gasteiger partial charge is 0.311 e. The molecule has 1 N–H and O–H groups in total. The number of fused-ring (bicyclic) bond motifs is 1. The van der Waals surface area contributed by atoms with Gasteiger partial charge in [-0.3, -0.25) is 4.79 Å². The van der Waals surface area contributed by atoms with Crippen LogP contribution in [0.2, 0.25) is 0 Å². The van der Waals surface area contributed by atoms with Gasteiger partial charge in [0.2, 0.25) is 0 Å². The number of carboxylic acids is 1. The fourth-order valence-electron chi connectivity index (χ4n) is 3.15. The highest BCUT2D eigenvalue weighted by Crippen LogP contribution is 2.40. The summed E-state index contributed by atoms with van der Waals surface area (Å²) in [5, 5.41) is 10.6. The van der Waals surface area contributed by atoms with Gasteiger partial charge in [0.05, 0.1) is 10.9 Å². The predicted molar refractivity (Wildman–Crippen MR) is 81.3 cm³/mol. The highest BCUT2D eigenvalue weighted by molar-refractivity contribution is 5.90. The summed E-state index contributed by atoms with van der Waals surface area (Å²) in [6, 6.07) is 7.83. The van der Waals surface area contributed by atoms with Gasteiger partial charge in [-0.05, 0) is 24.5 Å². The van der Waals surface area contributed by atoms with Gasteiger partial charge < -0.3 is 10.0 Å². The predicted octanol–water partition coefficient (Wildman–Crippen LogP) is 2.57. The number of anilines is 1. The summed E-state index contributed by atoms with van der Waals surface area (Å²) in [5.74, 6) is 0.218. The fraction of sp³-hybridized carbons (Fsp3) is 0.438. The van der Waals surface area contributed by atoms with E-state index in [4.69, 9.17) is 0 Å². The van der Waals surface area contributed by atoms with E-state index >= 15 is 0 Å². The standard InChI is InChI=1S/C16H19N3O2/c1-11(2)16(15(20)21)7-8-19(9-16)14-12-5-3-4-6-13(12)17-10-18-14/h3-6,10-11H,7-9H2,1-2H3,(H,20,21). The molecule has 0 saturated carbocycles. The summed E-state index contributed by atoms with van der Waals surface area (Å²) < 4.78 is 0. The van der Waals surface area contributed by atoms with Crippen LogP contribution in [-0.2, 0) is 4.79 Å². The fourth-order valence-corrected chi connectivity index (χ4v) is 3.15. The van der Waals surface area contributed by atoms with Gasteiger partial charge in [-0.1, -0.05) is 26.0 Å². The maximum atomic E-state index is 11.7. The van der Waals surface area contributed by atoms with E-state index in [1.165, 1.54) is 0 Å². The van der Waals surface area contributed by atoms with Crippen LogP contribution >= 0.6 is 0 Å². The van der Waals surface area contributed by atoms with Crippen molar-refractivity contribution >= 4 is 22.7 Å². The van der Waals surface area contributed by atoms with Crippen LogP contribution in [0.4, 0.5) is 5.82 Å². The summed E-state index contributed by atoms with van der Waals surface area (Å²) >= 11 is 0. The first-order valence-corrected chi connectivity index (χ1v) is 7.23. The van der Waals surface area contributed by atoms with Gasteiger partial charge in [0.15, 0.2) is 0 Å². The molecule has 0 bridgehead atoms. The average molecular weight is 285 g/mol. The zero-order chi connectivity index (χ0) is 15.0. The van der Waals surface area contributed by atoms with Gasteiger partial charge in [0.25, 0.3) is 0 Å². The van der Waals surface area contributed by atoms with E-state index < -0.39 is 11.4 Å². The Morgan fingerprint density at radius 2 is 2.10 bits per heavy atom. The molecule has 2 aromatic rings. The Kier molecular flexibility index (Phi) is 3.27. The zero-order valence-corrected chi connectivity index (χ0v) is 12.3. The van der Waals surface area contributed by atoms with Crippen LogP contribution in [0.15, 0.2) is 30.6 Å². The minimum absolute atomic E-state index is 0.0908. The highest BCUT2D eigenvalue weighted by Gasteiger charge is 2.47. The Bertz CT molecular complexity index is 681. The van der Waals surface area contributed by atoms with Gasteiger partial charge in [0, 0.05) is 18.5 Å². The number of nitrogens with zero attached hydrogens (tertiary/aromatic N) is 3. The quantitative estimate of drug-likeness (QED) is 0.938. The van der Waals surface area contributed by atoms with Crippen molar-refractivity contribution in [3.8, 4) is 0 Å². The van der Waals surface area contributed by atoms with Crippen LogP contribution in [0.1, 0.15) is 20.3 Å². The van der Waals surface area contributed by atoms with E-state index in [0.717, 1.165) is 16.7 Å². The molecule has 3 rings (SSSR count). The maximum Gasteiger partial charge on any atom is 0.311 e. The molecular formula is C16H19N3O2. The van der Waals surface area contributed by atoms with E-state index in [1.54, 1.807) is 6.33 Å². The highest BCUT2D eigenvalue weighted by atomic mass is 16.4. The van der Waals surface area contributed by atoms with E-state index in [1.807, 2.05) is 38.1 Å². The number of benzene rings is 1. The molecule has 110 valence electrons. The third-order valence-corrected chi connectivity index (χ3v) is 4.65. The maximum absolute atomic E-state index is 11.7. The lowest BCUT2D eigenvalue weighted by Crippen LogP contribution is -2.39. The monoisotopic (exact) mass is 285 g/mol. The molecule has 5 heteroatoms. The van der Waals surface area contributed by atoms with Crippen LogP contribution in [0.5, 0.6) is 0 Å². The van der Waals surface area contributed by atoms with E-state index in [-0.39, 0.29) is 5.92 Å². The molecule has 5 nitrogen and oxygen atoms in total. The molecule has 21 heavy (non-hydrogen) atoms. The minimum atomic E-state index is -0.710. The summed E-state index contributed by atoms with van der Waals surface area (Å²) in [6.07, 6.45) is 2.20. The molecule has 1 aromatic carbocycles. The summed E-state index contributed by atoms with van der Waals surface area (Å²) in [7, 11) is 0. The molecule has 1 saturated heterocycles. The first-order valence-electron chi connectivity index (χ1n) is 7.23. The number of carboxylic acid groups (broad SMARTS) is 1. The molecule has 0 amide bonds. The molecule has 1 atom stereocenters. The largest absolute Gasteiger partial charge is 0.481 e. The van der Waals surface area contributed by atoms with Crippen molar-refractivity contribution in [2.75, 3.05) is 18.0 Å². The topological polar surface area (TPSA) is 66.3 Å². The average Bonchev–Trinajstić information content (AvgIpc) is 2.93. The summed E-state index contributed by atoms with van der Waals surface area (Å²) in [4.78, 5) is 22.5. The Hall–Kier alpha value is -2.17. The molecular weight excluding hydrogens is 266 g/mol. The van der Waals surface area contributed by atoms with Gasteiger partial charge in [-0.2, -0.15) is 0 Å². The van der Waals surface area contributed by atoms with Crippen LogP contribution in [-0.4, -0.2) is 34.1 Å². The SMILES string of the molecule is CC(C)C1(C(=O)O)CCN(c2ncnc3ccccc23)C1. The number of para-hydroxylation sites is 1. The molecule has 0 radical (unpaired) electrons. The van der Waals surface area contributed by atoms with Gasteiger partial charge in [-0.25, -0.2) is 9.97 Å². The van der Waals surface area contributed by atoms with Crippen molar-refractivity contribution in [2.45, 2.75) is 20.3 Å². The second kappa shape index (κ2) is 4.98. The van der Waals surface area contributed by atoms with E-state index in [2.05, 4.69) is 14.9 Å². The van der Waals surface area contributed by atoms with Crippen LogP contribution in [0, 0.1) is 11.3 Å². The minimum Gasteiger partial charge on any atom is -0.481 e. The molecule has 1 fully saturated rings. The summed E-state index contributed by atoms with van der Waals surface area (Å²) in [5.41, 5.74) is 0.200. The van der Waals surface area contributed by atoms with E-state index in [9.17, 15) is 9.90 Å². The molecule has 0 aliphatic carbocycles. The van der Waals surface area contributed by atoms with Crippen LogP contribution in [0.3, 0.4) is 0 Å². The van der Waals surface area contributed by atoms with Crippen molar-refractivity contribution in [2.24, 2.45) is 11.3 Å². The van der Waals surface area contributed by atoms with Crippen molar-refractivity contribution < 1.29 is 9.90 Å². The number of aliphatic carboxylic acids is 1. The molecule has 0 spiro atoms. The first-order chi connectivity index (χ1) is 10.0. The van der Waals surface area contributed by atoms with Gasteiger partial charge in [-0.15, -0.1) is 0 Å². The van der Waals surface area contributed by atoms with Gasteiger partial charge in [0.1, 0.15) is 12.1 Å². The molecule has 1 aliphatic rings. The summed E-state index contributed by atoms with van der Waals surface area (Å²) in [6.45, 7) is 5.18. The molecule has 1 aliphatic heterocycles. The zero-order valence-electron chi connectivity index (χ0n) is 12.3. The number of rotatable bonds is 3. The Morgan fingerprint density at radius 1 is 1.33 bits per heavy atom. The Morgan fingerprint density at radius 3 is 2.76 bits per heavy atom. The van der Waals surface area contributed by atoms with E-state index in [0.29, 0.717) is 19.5 Å². The second-order valence-electron chi connectivity index (χ2n) is 6.00. The lowest BCUT2D eigenvalue weighted by atomic mass is 9.76. The van der Waals surface area contributed by atoms with Crippen molar-refractivity contribution in [3.05, 3.63) is 30.6 Å². The molecule has 2 heterocycles. The number of hydrogen-bond acceptors (Lipinski definition) is 4. The first kappa shape index (κ1) is 13.8.